The molecule has 31 heavy (non-hydrogen) atoms. The number of hydrogen-bond acceptors (Lipinski definition) is 5. The van der Waals surface area contributed by atoms with Gasteiger partial charge in [-0.05, 0) is 43.2 Å². The molecule has 0 aromatic heterocycles. The van der Waals surface area contributed by atoms with Gasteiger partial charge in [0.15, 0.2) is 0 Å². The fourth-order valence-electron chi connectivity index (χ4n) is 3.22. The lowest BCUT2D eigenvalue weighted by atomic mass is 10.2. The van der Waals surface area contributed by atoms with Gasteiger partial charge in [0.2, 0.25) is 5.91 Å². The second kappa shape index (κ2) is 11.1. The van der Waals surface area contributed by atoms with Crippen molar-refractivity contribution in [2.75, 3.05) is 19.7 Å². The summed E-state index contributed by atoms with van der Waals surface area (Å²) in [4.78, 5) is 29.4. The van der Waals surface area contributed by atoms with Crippen molar-refractivity contribution >= 4 is 46.2 Å². The van der Waals surface area contributed by atoms with Gasteiger partial charge in [0.05, 0.1) is 11.5 Å². The van der Waals surface area contributed by atoms with Gasteiger partial charge in [-0.15, -0.1) is 0 Å². The lowest BCUT2D eigenvalue weighted by molar-refractivity contribution is -0.132. The second-order valence-corrected chi connectivity index (χ2v) is 8.65. The zero-order valence-electron chi connectivity index (χ0n) is 17.7. The lowest BCUT2D eigenvalue weighted by Crippen LogP contribution is -2.35. The van der Waals surface area contributed by atoms with Crippen LogP contribution in [-0.2, 0) is 16.1 Å². The van der Waals surface area contributed by atoms with E-state index in [0.29, 0.717) is 28.9 Å². The number of thioether (sulfide) groups is 1. The van der Waals surface area contributed by atoms with Gasteiger partial charge in [0.1, 0.15) is 10.1 Å². The third-order valence-corrected chi connectivity index (χ3v) is 6.24. The first-order valence-electron chi connectivity index (χ1n) is 10.3. The number of benzene rings is 2. The molecular weight excluding hydrogens is 428 g/mol. The van der Waals surface area contributed by atoms with Crippen molar-refractivity contribution in [3.63, 3.8) is 0 Å². The zero-order chi connectivity index (χ0) is 22.2. The first-order chi connectivity index (χ1) is 15.0. The van der Waals surface area contributed by atoms with Crippen LogP contribution in [0.15, 0.2) is 59.5 Å². The lowest BCUT2D eigenvalue weighted by Gasteiger charge is -2.22. The van der Waals surface area contributed by atoms with Crippen LogP contribution in [0.25, 0.3) is 6.08 Å². The molecular formula is C24H26N2O3S2. The van der Waals surface area contributed by atoms with Crippen LogP contribution >= 0.6 is 24.0 Å². The van der Waals surface area contributed by atoms with Crippen molar-refractivity contribution in [3.05, 3.63) is 70.6 Å². The fraction of sp³-hybridized carbons (Fsp3) is 0.292. The summed E-state index contributed by atoms with van der Waals surface area (Å²) in [7, 11) is 0. The summed E-state index contributed by atoms with van der Waals surface area (Å²) in [5.41, 5.74) is 1.99. The van der Waals surface area contributed by atoms with E-state index in [1.165, 1.54) is 16.7 Å². The van der Waals surface area contributed by atoms with Crippen molar-refractivity contribution in [2.45, 2.75) is 26.8 Å². The molecule has 0 aliphatic carbocycles. The van der Waals surface area contributed by atoms with Crippen LogP contribution < -0.4 is 4.74 Å². The van der Waals surface area contributed by atoms with E-state index in [2.05, 4.69) is 0 Å². The standard InChI is InChI=1S/C24H26N2O3S2/c1-3-25(17-19-8-6-5-7-9-19)22(27)14-15-26-23(28)21(31-24(26)30)16-18-10-12-20(13-11-18)29-4-2/h5-13,16H,3-4,14-15,17H2,1-2H3/b21-16-. The molecule has 7 heteroatoms. The van der Waals surface area contributed by atoms with Crippen LogP contribution in [0.4, 0.5) is 0 Å². The molecule has 1 saturated heterocycles. The minimum absolute atomic E-state index is 0.0101. The quantitative estimate of drug-likeness (QED) is 0.405. The van der Waals surface area contributed by atoms with Crippen LogP contribution in [0.2, 0.25) is 0 Å². The van der Waals surface area contributed by atoms with Gasteiger partial charge >= 0.3 is 0 Å². The molecule has 0 spiro atoms. The Morgan fingerprint density at radius 1 is 1.13 bits per heavy atom. The molecule has 0 radical (unpaired) electrons. The number of nitrogens with zero attached hydrogens (tertiary/aromatic N) is 2. The number of amides is 2. The minimum Gasteiger partial charge on any atom is -0.494 e. The highest BCUT2D eigenvalue weighted by molar-refractivity contribution is 8.26. The Kier molecular flexibility index (Phi) is 8.26. The summed E-state index contributed by atoms with van der Waals surface area (Å²) in [5.74, 6) is 0.653. The molecule has 0 N–H and O–H groups in total. The average Bonchev–Trinajstić information content (AvgIpc) is 3.05. The van der Waals surface area contributed by atoms with E-state index < -0.39 is 0 Å². The molecule has 0 atom stereocenters. The number of thiocarbonyl (C=S) groups is 1. The van der Waals surface area contributed by atoms with Crippen LogP contribution in [-0.4, -0.2) is 45.6 Å². The average molecular weight is 455 g/mol. The third-order valence-electron chi connectivity index (χ3n) is 4.86. The molecule has 5 nitrogen and oxygen atoms in total. The molecule has 0 unspecified atom stereocenters. The first kappa shape index (κ1) is 23.0. The molecule has 1 aliphatic rings. The predicted molar refractivity (Wildman–Crippen MR) is 130 cm³/mol. The van der Waals surface area contributed by atoms with E-state index in [-0.39, 0.29) is 24.8 Å². The minimum atomic E-state index is -0.150. The molecule has 3 rings (SSSR count). The maximum absolute atomic E-state index is 12.8. The van der Waals surface area contributed by atoms with Gasteiger partial charge in [-0.2, -0.15) is 0 Å². The topological polar surface area (TPSA) is 49.9 Å². The van der Waals surface area contributed by atoms with Gasteiger partial charge < -0.3 is 9.64 Å². The Labute approximate surface area is 193 Å². The summed E-state index contributed by atoms with van der Waals surface area (Å²) < 4.78 is 5.94. The van der Waals surface area contributed by atoms with Gasteiger partial charge in [-0.25, -0.2) is 0 Å². The van der Waals surface area contributed by atoms with E-state index in [0.717, 1.165) is 16.9 Å². The Morgan fingerprint density at radius 2 is 1.84 bits per heavy atom. The Hall–Kier alpha value is -2.64. The highest BCUT2D eigenvalue weighted by Gasteiger charge is 2.32. The summed E-state index contributed by atoms with van der Waals surface area (Å²) in [6.45, 7) is 5.97. The highest BCUT2D eigenvalue weighted by Crippen LogP contribution is 2.33. The number of carbonyl (C=O) groups is 2. The molecule has 2 aromatic carbocycles. The second-order valence-electron chi connectivity index (χ2n) is 6.98. The molecule has 2 aromatic rings. The van der Waals surface area contributed by atoms with Crippen LogP contribution in [0, 0.1) is 0 Å². The Bertz CT molecular complexity index is 959. The maximum atomic E-state index is 12.8. The van der Waals surface area contributed by atoms with E-state index >= 15 is 0 Å². The van der Waals surface area contributed by atoms with E-state index in [1.54, 1.807) is 4.90 Å². The van der Waals surface area contributed by atoms with E-state index in [9.17, 15) is 9.59 Å². The molecule has 1 heterocycles. The molecule has 162 valence electrons. The van der Waals surface area contributed by atoms with E-state index in [4.69, 9.17) is 17.0 Å². The number of hydrogen-bond donors (Lipinski definition) is 0. The van der Waals surface area contributed by atoms with Gasteiger partial charge in [-0.3, -0.25) is 14.5 Å². The van der Waals surface area contributed by atoms with Crippen molar-refractivity contribution < 1.29 is 14.3 Å². The number of rotatable bonds is 9. The van der Waals surface area contributed by atoms with Crippen molar-refractivity contribution in [3.8, 4) is 5.75 Å². The first-order valence-corrected chi connectivity index (χ1v) is 11.5. The van der Waals surface area contributed by atoms with E-state index in [1.807, 2.05) is 74.5 Å². The summed E-state index contributed by atoms with van der Waals surface area (Å²) in [6, 6.07) is 17.5. The summed E-state index contributed by atoms with van der Waals surface area (Å²) in [6.07, 6.45) is 2.06. The smallest absolute Gasteiger partial charge is 0.266 e. The number of carbonyl (C=O) groups excluding carboxylic acids is 2. The molecule has 0 bridgehead atoms. The Balaban J connectivity index is 1.59. The maximum Gasteiger partial charge on any atom is 0.266 e. The molecule has 2 amide bonds. The molecule has 1 aliphatic heterocycles. The monoisotopic (exact) mass is 454 g/mol. The van der Waals surface area contributed by atoms with Crippen LogP contribution in [0.1, 0.15) is 31.4 Å². The highest BCUT2D eigenvalue weighted by atomic mass is 32.2. The van der Waals surface area contributed by atoms with Crippen LogP contribution in [0.5, 0.6) is 5.75 Å². The number of ether oxygens (including phenoxy) is 1. The molecule has 0 saturated carbocycles. The third kappa shape index (κ3) is 6.18. The summed E-state index contributed by atoms with van der Waals surface area (Å²) in [5, 5.41) is 0. The van der Waals surface area contributed by atoms with Crippen molar-refractivity contribution in [1.29, 1.82) is 0 Å². The van der Waals surface area contributed by atoms with Gasteiger partial charge in [0.25, 0.3) is 5.91 Å². The SMILES string of the molecule is CCOc1ccc(/C=C2\SC(=S)N(CCC(=O)N(CC)Cc3ccccc3)C2=O)cc1. The fourth-order valence-corrected chi connectivity index (χ4v) is 4.53. The predicted octanol–water partition coefficient (Wildman–Crippen LogP) is 4.73. The van der Waals surface area contributed by atoms with Crippen molar-refractivity contribution in [2.24, 2.45) is 0 Å². The molecule has 1 fully saturated rings. The largest absolute Gasteiger partial charge is 0.494 e. The van der Waals surface area contributed by atoms with Gasteiger partial charge in [0, 0.05) is 26.1 Å². The summed E-state index contributed by atoms with van der Waals surface area (Å²) >= 11 is 6.67. The van der Waals surface area contributed by atoms with Crippen molar-refractivity contribution in [1.82, 2.24) is 9.80 Å². The zero-order valence-corrected chi connectivity index (χ0v) is 19.4. The van der Waals surface area contributed by atoms with Crippen LogP contribution in [0.3, 0.4) is 0 Å². The normalized spacial score (nSPS) is 14.9. The van der Waals surface area contributed by atoms with Gasteiger partial charge in [-0.1, -0.05) is 66.4 Å². The Morgan fingerprint density at radius 3 is 2.48 bits per heavy atom.